The maximum atomic E-state index is 2.38. The fourth-order valence-corrected chi connectivity index (χ4v) is 4.18. The second-order valence-electron chi connectivity index (χ2n) is 1.83. The Morgan fingerprint density at radius 2 is 2.17 bits per heavy atom. The predicted octanol–water partition coefficient (Wildman–Crippen LogP) is 0.822. The second-order valence-corrected chi connectivity index (χ2v) is 6.10. The molecule has 0 radical (unpaired) electrons. The summed E-state index contributed by atoms with van der Waals surface area (Å²) in [6.07, 6.45) is 0. The van der Waals surface area contributed by atoms with Gasteiger partial charge in [-0.05, 0) is 0 Å². The Kier molecular flexibility index (Phi) is 4.81. The van der Waals surface area contributed by atoms with Crippen LogP contribution in [0.2, 0.25) is 19.1 Å². The van der Waals surface area contributed by atoms with Crippen LogP contribution in [-0.2, 0) is 24.2 Å². The molecule has 0 saturated carbocycles. The van der Waals surface area contributed by atoms with Gasteiger partial charge >= 0.3 is 55.9 Å². The van der Waals surface area contributed by atoms with Crippen molar-refractivity contribution < 1.29 is 24.2 Å². The van der Waals surface area contributed by atoms with E-state index in [1.54, 1.807) is 24.2 Å². The SMILES string of the molecule is C[SiH](C)C[CH]=[Zr]. The van der Waals surface area contributed by atoms with Gasteiger partial charge in [0.05, 0.1) is 0 Å². The van der Waals surface area contributed by atoms with Crippen LogP contribution in [-0.4, -0.2) is 12.5 Å². The third-order valence-electron chi connectivity index (χ3n) is 0.589. The number of rotatable bonds is 2. The molecule has 2 heteroatoms. The van der Waals surface area contributed by atoms with Crippen LogP contribution in [0.1, 0.15) is 0 Å². The van der Waals surface area contributed by atoms with E-state index < -0.39 is 0 Å². The Hall–Kier alpha value is 0.970. The Labute approximate surface area is 55.9 Å². The number of hydrogen-bond donors (Lipinski definition) is 0. The maximum absolute atomic E-state index is 2.38. The molecule has 0 aromatic carbocycles. The fraction of sp³-hybridized carbons (Fsp3) is 0.750. The molecular formula is C4H10SiZr. The van der Waals surface area contributed by atoms with Crippen molar-refractivity contribution in [3.8, 4) is 0 Å². The summed E-state index contributed by atoms with van der Waals surface area (Å²) in [5.74, 6) is 0. The van der Waals surface area contributed by atoms with Crippen LogP contribution < -0.4 is 0 Å². The third kappa shape index (κ3) is 4.97. The standard InChI is InChI=1S/C4H10Si.Zr/c1-4-5(2)3;/h1,5H,4H2,2-3H3;. The van der Waals surface area contributed by atoms with Crippen molar-refractivity contribution in [1.82, 2.24) is 0 Å². The molecule has 0 atom stereocenters. The van der Waals surface area contributed by atoms with Gasteiger partial charge in [-0.25, -0.2) is 0 Å². The fourth-order valence-electron chi connectivity index (χ4n) is 0.236. The van der Waals surface area contributed by atoms with Gasteiger partial charge in [0.25, 0.3) is 0 Å². The average Bonchev–Trinajstić information content (AvgIpc) is 1.35. The Morgan fingerprint density at radius 1 is 1.67 bits per heavy atom. The monoisotopic (exact) mass is 176 g/mol. The van der Waals surface area contributed by atoms with Gasteiger partial charge < -0.3 is 0 Å². The predicted molar refractivity (Wildman–Crippen MR) is 29.7 cm³/mol. The zero-order chi connectivity index (χ0) is 4.99. The summed E-state index contributed by atoms with van der Waals surface area (Å²) in [5.41, 5.74) is 0. The van der Waals surface area contributed by atoms with Gasteiger partial charge in [0.15, 0.2) is 0 Å². The van der Waals surface area contributed by atoms with Gasteiger partial charge in [-0.15, -0.1) is 0 Å². The molecule has 0 bridgehead atoms. The molecule has 0 aliphatic carbocycles. The Bertz CT molecular complexity index is 42.8. The molecule has 0 amide bonds. The van der Waals surface area contributed by atoms with Crippen LogP contribution in [0.5, 0.6) is 0 Å². The van der Waals surface area contributed by atoms with Crippen molar-refractivity contribution in [2.75, 3.05) is 0 Å². The van der Waals surface area contributed by atoms with Crippen molar-refractivity contribution in [3.63, 3.8) is 0 Å². The van der Waals surface area contributed by atoms with Gasteiger partial charge in [0.2, 0.25) is 0 Å². The first-order valence-corrected chi connectivity index (χ1v) is 6.80. The minimum absolute atomic E-state index is 0.204. The van der Waals surface area contributed by atoms with Gasteiger partial charge in [0, 0.05) is 0 Å². The Balaban J connectivity index is 2.81. The third-order valence-corrected chi connectivity index (χ3v) is 3.51. The molecule has 0 aliphatic heterocycles. The molecule has 0 unspecified atom stereocenters. The summed E-state index contributed by atoms with van der Waals surface area (Å²) in [7, 11) is -0.204. The van der Waals surface area contributed by atoms with E-state index in [0.29, 0.717) is 0 Å². The molecule has 0 aliphatic rings. The molecule has 0 rings (SSSR count). The van der Waals surface area contributed by atoms with Gasteiger partial charge in [-0.1, -0.05) is 0 Å². The van der Waals surface area contributed by atoms with Crippen LogP contribution in [0.25, 0.3) is 0 Å². The zero-order valence-electron chi connectivity index (χ0n) is 4.36. The van der Waals surface area contributed by atoms with Gasteiger partial charge in [-0.3, -0.25) is 0 Å². The summed E-state index contributed by atoms with van der Waals surface area (Å²) in [6.45, 7) is 4.75. The van der Waals surface area contributed by atoms with Gasteiger partial charge in [-0.2, -0.15) is 0 Å². The van der Waals surface area contributed by atoms with Crippen molar-refractivity contribution >= 4 is 12.5 Å². The molecule has 34 valence electrons. The van der Waals surface area contributed by atoms with Crippen molar-refractivity contribution in [3.05, 3.63) is 0 Å². The molecule has 6 heavy (non-hydrogen) atoms. The van der Waals surface area contributed by atoms with Crippen molar-refractivity contribution in [2.24, 2.45) is 0 Å². The molecule has 0 spiro atoms. The van der Waals surface area contributed by atoms with Crippen LogP contribution in [0.15, 0.2) is 0 Å². The molecule has 0 fully saturated rings. The van der Waals surface area contributed by atoms with E-state index in [0.717, 1.165) is 0 Å². The molecule has 0 saturated heterocycles. The topological polar surface area (TPSA) is 0 Å². The van der Waals surface area contributed by atoms with E-state index in [4.69, 9.17) is 0 Å². The van der Waals surface area contributed by atoms with Gasteiger partial charge in [0.1, 0.15) is 0 Å². The first-order valence-electron chi connectivity index (χ1n) is 2.26. The molecule has 0 aromatic heterocycles. The molecule has 0 nitrogen and oxygen atoms in total. The quantitative estimate of drug-likeness (QED) is 0.548. The first kappa shape index (κ1) is 6.97. The normalized spacial score (nSPS) is 9.00. The first-order chi connectivity index (χ1) is 2.77. The average molecular weight is 177 g/mol. The summed E-state index contributed by atoms with van der Waals surface area (Å²) < 4.78 is 2.35. The van der Waals surface area contributed by atoms with E-state index in [9.17, 15) is 0 Å². The van der Waals surface area contributed by atoms with Crippen molar-refractivity contribution in [1.29, 1.82) is 0 Å². The second kappa shape index (κ2) is 4.14. The van der Waals surface area contributed by atoms with Crippen LogP contribution in [0.4, 0.5) is 0 Å². The molecule has 0 aromatic rings. The molecule has 0 N–H and O–H groups in total. The van der Waals surface area contributed by atoms with Crippen molar-refractivity contribution in [2.45, 2.75) is 19.1 Å². The zero-order valence-corrected chi connectivity index (χ0v) is 7.97. The van der Waals surface area contributed by atoms with E-state index in [-0.39, 0.29) is 8.80 Å². The summed E-state index contributed by atoms with van der Waals surface area (Å²) >= 11 is 1.59. The minimum atomic E-state index is -0.204. The molecule has 0 heterocycles. The van der Waals surface area contributed by atoms with E-state index >= 15 is 0 Å². The summed E-state index contributed by atoms with van der Waals surface area (Å²) in [6, 6.07) is 1.43. The van der Waals surface area contributed by atoms with Crippen LogP contribution in [0, 0.1) is 0 Å². The number of hydrogen-bond acceptors (Lipinski definition) is 0. The summed E-state index contributed by atoms with van der Waals surface area (Å²) in [4.78, 5) is 0. The van der Waals surface area contributed by atoms with Crippen LogP contribution >= 0.6 is 0 Å². The summed E-state index contributed by atoms with van der Waals surface area (Å²) in [5, 5.41) is 0. The van der Waals surface area contributed by atoms with E-state index in [1.165, 1.54) is 6.04 Å². The van der Waals surface area contributed by atoms with E-state index in [2.05, 4.69) is 16.8 Å². The molecular weight excluding hydrogens is 167 g/mol. The van der Waals surface area contributed by atoms with Crippen LogP contribution in [0.3, 0.4) is 0 Å². The Morgan fingerprint density at radius 3 is 2.17 bits per heavy atom. The van der Waals surface area contributed by atoms with E-state index in [1.807, 2.05) is 0 Å².